The van der Waals surface area contributed by atoms with Crippen LogP contribution < -0.4 is 0 Å². The molecule has 0 aromatic rings. The van der Waals surface area contributed by atoms with Gasteiger partial charge in [-0.25, -0.2) is 0 Å². The van der Waals surface area contributed by atoms with Crippen LogP contribution in [0.4, 0.5) is 0 Å². The molecule has 4 atom stereocenters. The lowest BCUT2D eigenvalue weighted by Gasteiger charge is -2.34. The largest absolute Gasteiger partial charge is 0.481 e. The van der Waals surface area contributed by atoms with Gasteiger partial charge in [-0.05, 0) is 50.4 Å². The third-order valence-electron chi connectivity index (χ3n) is 9.41. The molecule has 4 nitrogen and oxygen atoms in total. The molecule has 0 aliphatic heterocycles. The summed E-state index contributed by atoms with van der Waals surface area (Å²) in [5.74, 6) is 1.05. The van der Waals surface area contributed by atoms with Crippen LogP contribution in [-0.4, -0.2) is 23.7 Å². The zero-order chi connectivity index (χ0) is 30.8. The quantitative estimate of drug-likeness (QED) is 0.0678. The van der Waals surface area contributed by atoms with Crippen LogP contribution in [0.2, 0.25) is 0 Å². The highest BCUT2D eigenvalue weighted by Crippen LogP contribution is 2.39. The molecule has 0 saturated carbocycles. The number of aliphatic carboxylic acids is 1. The molecule has 0 bridgehead atoms. The fourth-order valence-corrected chi connectivity index (χ4v) is 6.50. The number of hydrogen-bond donors (Lipinski definition) is 1. The molecule has 0 amide bonds. The Labute approximate surface area is 256 Å². The van der Waals surface area contributed by atoms with Crippen LogP contribution in [0.25, 0.3) is 0 Å². The van der Waals surface area contributed by atoms with Gasteiger partial charge in [0, 0.05) is 6.42 Å². The van der Waals surface area contributed by atoms with Gasteiger partial charge in [-0.2, -0.15) is 0 Å². The summed E-state index contributed by atoms with van der Waals surface area (Å²) in [6.45, 7) is 14.2. The smallest absolute Gasteiger partial charge is 0.311 e. The summed E-state index contributed by atoms with van der Waals surface area (Å²) in [4.78, 5) is 24.1. The molecular formula is C37H72O4. The lowest BCUT2D eigenvalue weighted by molar-refractivity contribution is -0.159. The minimum Gasteiger partial charge on any atom is -0.481 e. The van der Waals surface area contributed by atoms with Crippen molar-refractivity contribution in [3.63, 3.8) is 0 Å². The minimum atomic E-state index is -0.667. The molecule has 0 aliphatic carbocycles. The summed E-state index contributed by atoms with van der Waals surface area (Å²) in [5.41, 5.74) is -0.368. The summed E-state index contributed by atoms with van der Waals surface area (Å²) in [6, 6.07) is 0. The molecule has 0 aliphatic rings. The maximum atomic E-state index is 13.6. The van der Waals surface area contributed by atoms with E-state index in [1.807, 2.05) is 0 Å². The van der Waals surface area contributed by atoms with Gasteiger partial charge >= 0.3 is 11.9 Å². The number of rotatable bonds is 30. The maximum absolute atomic E-state index is 13.6. The Bertz CT molecular complexity index is 618. The highest BCUT2D eigenvalue weighted by Gasteiger charge is 2.38. The molecule has 41 heavy (non-hydrogen) atoms. The number of unbranched alkanes of at least 4 members (excludes halogenated alkanes) is 13. The summed E-state index contributed by atoms with van der Waals surface area (Å²) in [6.07, 6.45) is 27.8. The fraction of sp³-hybridized carbons (Fsp3) is 0.946. The van der Waals surface area contributed by atoms with Gasteiger partial charge < -0.3 is 9.84 Å². The number of carboxylic acid groups (broad SMARTS) is 1. The zero-order valence-electron chi connectivity index (χ0n) is 28.6. The number of hydrogen-bond acceptors (Lipinski definition) is 3. The second-order valence-electron chi connectivity index (χ2n) is 13.7. The van der Waals surface area contributed by atoms with Crippen LogP contribution in [0.3, 0.4) is 0 Å². The van der Waals surface area contributed by atoms with Crippen molar-refractivity contribution in [3.05, 3.63) is 0 Å². The Balaban J connectivity index is 4.45. The van der Waals surface area contributed by atoms with Gasteiger partial charge in [0.1, 0.15) is 0 Å². The molecule has 4 unspecified atom stereocenters. The molecule has 1 N–H and O–H groups in total. The van der Waals surface area contributed by atoms with Crippen molar-refractivity contribution >= 4 is 11.9 Å². The Morgan fingerprint density at radius 3 is 1.56 bits per heavy atom. The average molecular weight is 581 g/mol. The molecular weight excluding hydrogens is 508 g/mol. The summed E-state index contributed by atoms with van der Waals surface area (Å²) >= 11 is 0. The number of carbonyl (C=O) groups excluding carboxylic acids is 1. The predicted molar refractivity (Wildman–Crippen MR) is 176 cm³/mol. The van der Waals surface area contributed by atoms with Crippen molar-refractivity contribution in [2.24, 2.45) is 23.2 Å². The number of carbonyl (C=O) groups is 2. The molecule has 0 radical (unpaired) electrons. The van der Waals surface area contributed by atoms with E-state index in [0.717, 1.165) is 44.9 Å². The SMILES string of the molecule is CCCCC(CC)COC(=O)C(C)(CC(C)CCCCCCCCCCCCCCC(=O)O)CC(CC)CCCC. The highest BCUT2D eigenvalue weighted by molar-refractivity contribution is 5.76. The third kappa shape index (κ3) is 22.2. The van der Waals surface area contributed by atoms with E-state index in [1.165, 1.54) is 103 Å². The van der Waals surface area contributed by atoms with E-state index in [0.29, 0.717) is 30.8 Å². The van der Waals surface area contributed by atoms with Crippen molar-refractivity contribution in [2.75, 3.05) is 6.61 Å². The zero-order valence-corrected chi connectivity index (χ0v) is 28.6. The molecule has 0 saturated heterocycles. The molecule has 0 rings (SSSR count). The number of carboxylic acids is 1. The van der Waals surface area contributed by atoms with Gasteiger partial charge in [0.05, 0.1) is 12.0 Å². The van der Waals surface area contributed by atoms with Crippen LogP contribution in [0, 0.1) is 23.2 Å². The van der Waals surface area contributed by atoms with Crippen molar-refractivity contribution < 1.29 is 19.4 Å². The normalized spacial score (nSPS) is 15.3. The van der Waals surface area contributed by atoms with E-state index < -0.39 is 5.97 Å². The standard InChI is InChI=1S/C37H72O4/c1-7-11-26-33(9-3)30-37(6,36(40)41-31-34(10-4)27-12-8-2)29-32(5)25-23-21-19-17-15-13-14-16-18-20-22-24-28-35(38)39/h32-34H,7-31H2,1-6H3,(H,38,39). The predicted octanol–water partition coefficient (Wildman–Crippen LogP) is 11.9. The Hall–Kier alpha value is -1.06. The van der Waals surface area contributed by atoms with Crippen LogP contribution >= 0.6 is 0 Å². The van der Waals surface area contributed by atoms with Crippen LogP contribution in [0.1, 0.15) is 196 Å². The van der Waals surface area contributed by atoms with E-state index in [4.69, 9.17) is 9.84 Å². The van der Waals surface area contributed by atoms with Gasteiger partial charge in [0.15, 0.2) is 0 Å². The van der Waals surface area contributed by atoms with E-state index >= 15 is 0 Å². The van der Waals surface area contributed by atoms with Crippen molar-refractivity contribution in [1.29, 1.82) is 0 Å². The molecule has 0 fully saturated rings. The first-order valence-electron chi connectivity index (χ1n) is 18.1. The van der Waals surface area contributed by atoms with E-state index in [1.54, 1.807) is 0 Å². The second-order valence-corrected chi connectivity index (χ2v) is 13.7. The summed E-state index contributed by atoms with van der Waals surface area (Å²) in [7, 11) is 0. The second kappa shape index (κ2) is 26.6. The molecule has 4 heteroatoms. The van der Waals surface area contributed by atoms with Crippen molar-refractivity contribution in [3.8, 4) is 0 Å². The third-order valence-corrected chi connectivity index (χ3v) is 9.41. The topological polar surface area (TPSA) is 63.6 Å². The van der Waals surface area contributed by atoms with Gasteiger partial charge in [-0.1, -0.05) is 157 Å². The van der Waals surface area contributed by atoms with Gasteiger partial charge in [-0.3, -0.25) is 9.59 Å². The fourth-order valence-electron chi connectivity index (χ4n) is 6.50. The molecule has 0 aromatic heterocycles. The molecule has 0 aromatic carbocycles. The Morgan fingerprint density at radius 1 is 0.634 bits per heavy atom. The average Bonchev–Trinajstić information content (AvgIpc) is 2.95. The van der Waals surface area contributed by atoms with E-state index in [-0.39, 0.29) is 11.4 Å². The van der Waals surface area contributed by atoms with Gasteiger partial charge in [0.2, 0.25) is 0 Å². The Morgan fingerprint density at radius 2 is 1.10 bits per heavy atom. The van der Waals surface area contributed by atoms with Crippen LogP contribution in [0.5, 0.6) is 0 Å². The highest BCUT2D eigenvalue weighted by atomic mass is 16.5. The van der Waals surface area contributed by atoms with Gasteiger partial charge in [0.25, 0.3) is 0 Å². The first-order valence-corrected chi connectivity index (χ1v) is 18.1. The first-order chi connectivity index (χ1) is 19.7. The summed E-state index contributed by atoms with van der Waals surface area (Å²) in [5, 5.41) is 8.69. The molecule has 244 valence electrons. The molecule has 0 spiro atoms. The molecule has 0 heterocycles. The van der Waals surface area contributed by atoms with Crippen LogP contribution in [-0.2, 0) is 14.3 Å². The number of ether oxygens (including phenoxy) is 1. The van der Waals surface area contributed by atoms with Crippen molar-refractivity contribution in [2.45, 2.75) is 196 Å². The van der Waals surface area contributed by atoms with E-state index in [9.17, 15) is 9.59 Å². The summed E-state index contributed by atoms with van der Waals surface area (Å²) < 4.78 is 6.08. The lowest BCUT2D eigenvalue weighted by Crippen LogP contribution is -2.35. The monoisotopic (exact) mass is 581 g/mol. The first kappa shape index (κ1) is 39.9. The maximum Gasteiger partial charge on any atom is 0.311 e. The lowest BCUT2D eigenvalue weighted by atomic mass is 9.72. The van der Waals surface area contributed by atoms with Gasteiger partial charge in [-0.15, -0.1) is 0 Å². The van der Waals surface area contributed by atoms with Crippen LogP contribution in [0.15, 0.2) is 0 Å². The van der Waals surface area contributed by atoms with Crippen molar-refractivity contribution in [1.82, 2.24) is 0 Å². The number of esters is 1. The Kier molecular flexibility index (Phi) is 25.9. The van der Waals surface area contributed by atoms with E-state index in [2.05, 4.69) is 41.5 Å². The minimum absolute atomic E-state index is 0.0644.